The van der Waals surface area contributed by atoms with E-state index in [4.69, 9.17) is 17.0 Å². The number of nitrogens with zero attached hydrogens (tertiary/aromatic N) is 2. The Bertz CT molecular complexity index is 975. The standard InChI is InChI=1S/C23H27N3O3S/c1-2-29-22(28)19(12-16-7-4-3-5-8-16)24-23(30)25-13-17-11-18(15-25)20-9-6-10-21(27)26(20)14-17/h3-10,17-19H,2,11-15H2,1H3,(H,24,30)/t17-,18+,19?/m0/s1. The van der Waals surface area contributed by atoms with Crippen molar-refractivity contribution < 1.29 is 9.53 Å². The number of carbonyl (C=O) groups is 1. The van der Waals surface area contributed by atoms with Gasteiger partial charge in [-0.3, -0.25) is 4.79 Å². The minimum absolute atomic E-state index is 0.0709. The van der Waals surface area contributed by atoms with Crippen LogP contribution in [0.4, 0.5) is 0 Å². The van der Waals surface area contributed by atoms with E-state index in [2.05, 4.69) is 10.2 Å². The van der Waals surface area contributed by atoms with Crippen LogP contribution in [0.3, 0.4) is 0 Å². The maximum Gasteiger partial charge on any atom is 0.328 e. The Morgan fingerprint density at radius 3 is 2.73 bits per heavy atom. The lowest BCUT2D eigenvalue weighted by molar-refractivity contribution is -0.145. The lowest BCUT2D eigenvalue weighted by Crippen LogP contribution is -2.55. The van der Waals surface area contributed by atoms with E-state index in [1.54, 1.807) is 13.0 Å². The molecule has 1 aromatic carbocycles. The summed E-state index contributed by atoms with van der Waals surface area (Å²) in [7, 11) is 0. The first-order valence-electron chi connectivity index (χ1n) is 10.5. The molecule has 2 aromatic rings. The SMILES string of the molecule is CCOC(=O)C(Cc1ccccc1)NC(=S)N1C[C@@H]2C[C@H](C1)c1cccc(=O)n1C2. The highest BCUT2D eigenvalue weighted by Gasteiger charge is 2.36. The van der Waals surface area contributed by atoms with Crippen molar-refractivity contribution in [2.45, 2.75) is 38.3 Å². The summed E-state index contributed by atoms with van der Waals surface area (Å²) in [6.45, 7) is 4.38. The molecular weight excluding hydrogens is 398 g/mol. The Balaban J connectivity index is 1.48. The van der Waals surface area contributed by atoms with Crippen LogP contribution in [0.15, 0.2) is 53.3 Å². The summed E-state index contributed by atoms with van der Waals surface area (Å²) in [6.07, 6.45) is 1.58. The zero-order chi connectivity index (χ0) is 21.1. The van der Waals surface area contributed by atoms with Gasteiger partial charge in [0, 0.05) is 43.7 Å². The number of piperidine rings is 1. The summed E-state index contributed by atoms with van der Waals surface area (Å²) in [5.41, 5.74) is 2.20. The van der Waals surface area contributed by atoms with Gasteiger partial charge >= 0.3 is 5.97 Å². The third-order valence-corrected chi connectivity index (χ3v) is 6.29. The van der Waals surface area contributed by atoms with Gasteiger partial charge in [-0.2, -0.15) is 0 Å². The van der Waals surface area contributed by atoms with Gasteiger partial charge in [-0.1, -0.05) is 36.4 Å². The van der Waals surface area contributed by atoms with Crippen molar-refractivity contribution in [3.63, 3.8) is 0 Å². The van der Waals surface area contributed by atoms with Crippen LogP contribution >= 0.6 is 12.2 Å². The van der Waals surface area contributed by atoms with Crippen LogP contribution in [0.25, 0.3) is 0 Å². The van der Waals surface area contributed by atoms with Gasteiger partial charge < -0.3 is 19.5 Å². The number of rotatable bonds is 5. The molecule has 0 saturated carbocycles. The molecule has 1 saturated heterocycles. The van der Waals surface area contributed by atoms with Crippen LogP contribution in [0.5, 0.6) is 0 Å². The number of fused-ring (bicyclic) bond motifs is 4. The Morgan fingerprint density at radius 1 is 1.17 bits per heavy atom. The van der Waals surface area contributed by atoms with Gasteiger partial charge in [0.25, 0.3) is 5.56 Å². The van der Waals surface area contributed by atoms with E-state index in [0.29, 0.717) is 24.1 Å². The summed E-state index contributed by atoms with van der Waals surface area (Å²) < 4.78 is 7.19. The zero-order valence-electron chi connectivity index (χ0n) is 17.1. The van der Waals surface area contributed by atoms with Gasteiger partial charge in [0.1, 0.15) is 6.04 Å². The molecule has 2 aliphatic rings. The Morgan fingerprint density at radius 2 is 1.97 bits per heavy atom. The number of esters is 1. The molecule has 30 heavy (non-hydrogen) atoms. The van der Waals surface area contributed by atoms with E-state index in [9.17, 15) is 9.59 Å². The molecule has 2 aliphatic heterocycles. The van der Waals surface area contributed by atoms with Crippen LogP contribution in [-0.2, 0) is 22.5 Å². The molecule has 1 fully saturated rings. The number of pyridine rings is 1. The largest absolute Gasteiger partial charge is 0.464 e. The highest BCUT2D eigenvalue weighted by Crippen LogP contribution is 2.34. The maximum atomic E-state index is 12.6. The molecule has 3 atom stereocenters. The highest BCUT2D eigenvalue weighted by atomic mass is 32.1. The average Bonchev–Trinajstić information content (AvgIpc) is 2.75. The van der Waals surface area contributed by atoms with E-state index in [0.717, 1.165) is 37.3 Å². The normalized spacial score (nSPS) is 20.8. The van der Waals surface area contributed by atoms with E-state index >= 15 is 0 Å². The van der Waals surface area contributed by atoms with Crippen molar-refractivity contribution in [2.75, 3.05) is 19.7 Å². The number of carbonyl (C=O) groups excluding carboxylic acids is 1. The molecule has 6 nitrogen and oxygen atoms in total. The average molecular weight is 426 g/mol. The molecule has 1 N–H and O–H groups in total. The molecule has 4 rings (SSSR count). The Labute approximate surface area is 181 Å². The number of hydrogen-bond donors (Lipinski definition) is 1. The smallest absolute Gasteiger partial charge is 0.328 e. The molecule has 158 valence electrons. The third kappa shape index (κ3) is 4.41. The van der Waals surface area contributed by atoms with E-state index in [1.165, 1.54) is 0 Å². The van der Waals surface area contributed by atoms with Crippen LogP contribution in [0, 0.1) is 5.92 Å². The van der Waals surface area contributed by atoms with Crippen LogP contribution < -0.4 is 10.9 Å². The predicted octanol–water partition coefficient (Wildman–Crippen LogP) is 2.32. The summed E-state index contributed by atoms with van der Waals surface area (Å²) in [6, 6.07) is 14.8. The quantitative estimate of drug-likeness (QED) is 0.586. The first-order valence-corrected chi connectivity index (χ1v) is 10.9. The number of thiocarbonyl (C=S) groups is 1. The van der Waals surface area contributed by atoms with Crippen LogP contribution in [0.2, 0.25) is 0 Å². The van der Waals surface area contributed by atoms with Crippen molar-refractivity contribution in [2.24, 2.45) is 5.92 Å². The fourth-order valence-electron chi connectivity index (χ4n) is 4.59. The predicted molar refractivity (Wildman–Crippen MR) is 119 cm³/mol. The Hall–Kier alpha value is -2.67. The van der Waals surface area contributed by atoms with E-state index < -0.39 is 6.04 Å². The fraction of sp³-hybridized carbons (Fsp3) is 0.435. The first kappa shape index (κ1) is 20.6. The number of benzene rings is 1. The second kappa shape index (κ2) is 9.00. The summed E-state index contributed by atoms with van der Waals surface area (Å²) >= 11 is 5.71. The van der Waals surface area contributed by atoms with Gasteiger partial charge in [0.15, 0.2) is 5.11 Å². The van der Waals surface area contributed by atoms with E-state index in [-0.39, 0.29) is 17.4 Å². The molecule has 0 spiro atoms. The maximum absolute atomic E-state index is 12.6. The number of hydrogen-bond acceptors (Lipinski definition) is 4. The second-order valence-electron chi connectivity index (χ2n) is 8.05. The number of aromatic nitrogens is 1. The zero-order valence-corrected chi connectivity index (χ0v) is 17.9. The summed E-state index contributed by atoms with van der Waals surface area (Å²) in [5.74, 6) is 0.338. The number of likely N-dealkylation sites (tertiary alicyclic amines) is 1. The van der Waals surface area contributed by atoms with Crippen molar-refractivity contribution in [3.05, 3.63) is 70.1 Å². The molecule has 3 heterocycles. The molecule has 2 bridgehead atoms. The second-order valence-corrected chi connectivity index (χ2v) is 8.43. The summed E-state index contributed by atoms with van der Waals surface area (Å²) in [5, 5.41) is 3.83. The molecule has 1 unspecified atom stereocenters. The van der Waals surface area contributed by atoms with E-state index in [1.807, 2.05) is 47.0 Å². The minimum Gasteiger partial charge on any atom is -0.464 e. The van der Waals surface area contributed by atoms with Crippen LogP contribution in [0.1, 0.15) is 30.5 Å². The monoisotopic (exact) mass is 425 g/mol. The van der Waals surface area contributed by atoms with Gasteiger partial charge in [-0.05, 0) is 43.1 Å². The highest BCUT2D eigenvalue weighted by molar-refractivity contribution is 7.80. The fourth-order valence-corrected chi connectivity index (χ4v) is 4.88. The number of nitrogens with one attached hydrogen (secondary N) is 1. The first-order chi connectivity index (χ1) is 14.5. The van der Waals surface area contributed by atoms with Gasteiger partial charge in [0.2, 0.25) is 0 Å². The van der Waals surface area contributed by atoms with Gasteiger partial charge in [-0.15, -0.1) is 0 Å². The number of ether oxygens (including phenoxy) is 1. The molecule has 7 heteroatoms. The van der Waals surface area contributed by atoms with Crippen LogP contribution in [-0.4, -0.2) is 46.3 Å². The lowest BCUT2D eigenvalue weighted by Gasteiger charge is -2.44. The lowest BCUT2D eigenvalue weighted by atomic mass is 9.83. The molecular formula is C23H27N3O3S. The topological polar surface area (TPSA) is 63.6 Å². The molecule has 0 aliphatic carbocycles. The summed E-state index contributed by atoms with van der Waals surface area (Å²) in [4.78, 5) is 26.9. The molecule has 1 aromatic heterocycles. The van der Waals surface area contributed by atoms with Crippen molar-refractivity contribution in [1.29, 1.82) is 0 Å². The minimum atomic E-state index is -0.531. The van der Waals surface area contributed by atoms with Crippen molar-refractivity contribution >= 4 is 23.3 Å². The van der Waals surface area contributed by atoms with Gasteiger partial charge in [0.05, 0.1) is 6.61 Å². The molecule has 0 amide bonds. The van der Waals surface area contributed by atoms with Gasteiger partial charge in [-0.25, -0.2) is 4.79 Å². The third-order valence-electron chi connectivity index (χ3n) is 5.92. The Kier molecular flexibility index (Phi) is 6.18. The van der Waals surface area contributed by atoms with Crippen molar-refractivity contribution in [1.82, 2.24) is 14.8 Å². The molecule has 0 radical (unpaired) electrons. The van der Waals surface area contributed by atoms with Crippen molar-refractivity contribution in [3.8, 4) is 0 Å².